The molecule has 0 aliphatic heterocycles. The smallest absolute Gasteiger partial charge is 0.133 e. The number of nitrogens with one attached hydrogen (secondary N) is 1. The molecular formula is C14H17ClN4S. The minimum absolute atomic E-state index is 0.638. The van der Waals surface area contributed by atoms with E-state index >= 15 is 0 Å². The van der Waals surface area contributed by atoms with Gasteiger partial charge >= 0.3 is 0 Å². The zero-order chi connectivity index (χ0) is 14.5. The lowest BCUT2D eigenvalue weighted by atomic mass is 10.3. The quantitative estimate of drug-likeness (QED) is 0.847. The van der Waals surface area contributed by atoms with Crippen molar-refractivity contribution in [3.8, 4) is 0 Å². The molecule has 0 amide bonds. The summed E-state index contributed by atoms with van der Waals surface area (Å²) in [5.74, 6) is 1.70. The predicted octanol–water partition coefficient (Wildman–Crippen LogP) is 3.98. The number of hydrogen-bond acceptors (Lipinski definition) is 5. The van der Waals surface area contributed by atoms with Gasteiger partial charge in [-0.05, 0) is 37.7 Å². The summed E-state index contributed by atoms with van der Waals surface area (Å²) in [6.45, 7) is 6.93. The first-order chi connectivity index (χ1) is 9.65. The van der Waals surface area contributed by atoms with E-state index in [9.17, 15) is 0 Å². The Hall–Kier alpha value is -1.33. The van der Waals surface area contributed by atoms with E-state index in [-0.39, 0.29) is 0 Å². The van der Waals surface area contributed by atoms with Crippen LogP contribution in [0, 0.1) is 6.92 Å². The zero-order valence-electron chi connectivity index (χ0n) is 11.8. The highest BCUT2D eigenvalue weighted by atomic mass is 35.5. The molecule has 4 nitrogen and oxygen atoms in total. The van der Waals surface area contributed by atoms with Gasteiger partial charge in [0.1, 0.15) is 21.7 Å². The van der Waals surface area contributed by atoms with Crippen molar-refractivity contribution in [2.24, 2.45) is 0 Å². The number of rotatable bonds is 5. The second kappa shape index (κ2) is 6.90. The lowest BCUT2D eigenvalue weighted by Gasteiger charge is -2.12. The van der Waals surface area contributed by atoms with Gasteiger partial charge in [-0.25, -0.2) is 15.0 Å². The number of halogens is 1. The Morgan fingerprint density at radius 3 is 2.70 bits per heavy atom. The molecule has 106 valence electrons. The van der Waals surface area contributed by atoms with Gasteiger partial charge in [-0.2, -0.15) is 0 Å². The molecule has 2 rings (SSSR count). The molecule has 2 heterocycles. The first-order valence-corrected chi connectivity index (χ1v) is 7.74. The Labute approximate surface area is 128 Å². The van der Waals surface area contributed by atoms with Crippen molar-refractivity contribution in [1.29, 1.82) is 0 Å². The van der Waals surface area contributed by atoms with Crippen molar-refractivity contribution in [1.82, 2.24) is 15.0 Å². The molecule has 0 saturated carbocycles. The van der Waals surface area contributed by atoms with Crippen molar-refractivity contribution in [3.05, 3.63) is 34.7 Å². The van der Waals surface area contributed by atoms with Crippen molar-refractivity contribution >= 4 is 29.2 Å². The van der Waals surface area contributed by atoms with E-state index in [1.54, 1.807) is 6.20 Å². The molecule has 6 heteroatoms. The van der Waals surface area contributed by atoms with Gasteiger partial charge in [0.2, 0.25) is 0 Å². The lowest BCUT2D eigenvalue weighted by molar-refractivity contribution is 0.869. The highest BCUT2D eigenvalue weighted by Gasteiger charge is 2.13. The predicted molar refractivity (Wildman–Crippen MR) is 83.7 cm³/mol. The number of aryl methyl sites for hydroxylation is 1. The summed E-state index contributed by atoms with van der Waals surface area (Å²) in [4.78, 5) is 13.4. The van der Waals surface area contributed by atoms with Crippen molar-refractivity contribution < 1.29 is 0 Å². The molecule has 0 radical (unpaired) electrons. The van der Waals surface area contributed by atoms with Crippen LogP contribution in [0.15, 0.2) is 28.4 Å². The summed E-state index contributed by atoms with van der Waals surface area (Å²) >= 11 is 7.63. The average molecular weight is 309 g/mol. The largest absolute Gasteiger partial charge is 0.370 e. The first-order valence-electron chi connectivity index (χ1n) is 6.55. The summed E-state index contributed by atoms with van der Waals surface area (Å²) < 4.78 is 0. The van der Waals surface area contributed by atoms with Crippen LogP contribution in [-0.4, -0.2) is 21.5 Å². The minimum Gasteiger partial charge on any atom is -0.370 e. The maximum atomic E-state index is 6.16. The van der Waals surface area contributed by atoms with Gasteiger partial charge in [0, 0.05) is 24.7 Å². The number of nitrogens with zero attached hydrogens (tertiary/aromatic N) is 3. The van der Waals surface area contributed by atoms with Crippen molar-refractivity contribution in [2.45, 2.75) is 37.2 Å². The summed E-state index contributed by atoms with van der Waals surface area (Å²) in [5.41, 5.74) is 1.02. The summed E-state index contributed by atoms with van der Waals surface area (Å²) in [5, 5.41) is 5.57. The van der Waals surface area contributed by atoms with Crippen LogP contribution >= 0.6 is 23.4 Å². The third-order valence-corrected chi connectivity index (χ3v) is 4.25. The Bertz CT molecular complexity index is 604. The van der Waals surface area contributed by atoms with Gasteiger partial charge in [0.15, 0.2) is 0 Å². The number of aromatic nitrogens is 3. The van der Waals surface area contributed by atoms with Crippen LogP contribution < -0.4 is 5.32 Å². The number of pyridine rings is 1. The Balaban J connectivity index is 2.40. The van der Waals surface area contributed by atoms with Crippen LogP contribution in [0.5, 0.6) is 0 Å². The maximum absolute atomic E-state index is 6.16. The lowest BCUT2D eigenvalue weighted by Crippen LogP contribution is -2.07. The molecule has 0 unspecified atom stereocenters. The molecule has 0 bridgehead atoms. The van der Waals surface area contributed by atoms with Gasteiger partial charge in [-0.1, -0.05) is 18.5 Å². The van der Waals surface area contributed by atoms with E-state index in [1.807, 2.05) is 26.0 Å². The first kappa shape index (κ1) is 15.1. The van der Waals surface area contributed by atoms with E-state index < -0.39 is 0 Å². The fourth-order valence-electron chi connectivity index (χ4n) is 1.68. The third-order valence-electron chi connectivity index (χ3n) is 2.73. The third kappa shape index (κ3) is 3.41. The zero-order valence-corrected chi connectivity index (χ0v) is 13.3. The molecule has 0 fully saturated rings. The standard InChI is InChI=1S/C14H17ClN4S/c1-4-11-18-12(16-5-2)9(3)13(19-11)20-14-10(15)7-6-8-17-14/h6-8H,4-5H2,1-3H3,(H,16,18,19). The van der Waals surface area contributed by atoms with E-state index in [0.29, 0.717) is 5.02 Å². The van der Waals surface area contributed by atoms with E-state index in [1.165, 1.54) is 11.8 Å². The van der Waals surface area contributed by atoms with E-state index in [0.717, 1.165) is 40.2 Å². The van der Waals surface area contributed by atoms with Crippen LogP contribution in [0.25, 0.3) is 0 Å². The van der Waals surface area contributed by atoms with Crippen LogP contribution in [0.4, 0.5) is 5.82 Å². The second-order valence-corrected chi connectivity index (χ2v) is 5.58. The van der Waals surface area contributed by atoms with Gasteiger partial charge in [-0.3, -0.25) is 0 Å². The fraction of sp³-hybridized carbons (Fsp3) is 0.357. The summed E-state index contributed by atoms with van der Waals surface area (Å²) in [6.07, 6.45) is 2.53. The molecule has 1 N–H and O–H groups in total. The molecule has 0 aliphatic rings. The van der Waals surface area contributed by atoms with Gasteiger partial charge < -0.3 is 5.32 Å². The Kier molecular flexibility index (Phi) is 5.20. The minimum atomic E-state index is 0.638. The van der Waals surface area contributed by atoms with E-state index in [2.05, 4.69) is 27.2 Å². The van der Waals surface area contributed by atoms with Crippen LogP contribution in [-0.2, 0) is 6.42 Å². The number of anilines is 1. The van der Waals surface area contributed by atoms with Gasteiger partial charge in [-0.15, -0.1) is 0 Å². The normalized spacial score (nSPS) is 10.6. The molecule has 0 saturated heterocycles. The van der Waals surface area contributed by atoms with Crippen LogP contribution in [0.1, 0.15) is 25.2 Å². The van der Waals surface area contributed by atoms with Crippen LogP contribution in [0.3, 0.4) is 0 Å². The van der Waals surface area contributed by atoms with Crippen molar-refractivity contribution in [2.75, 3.05) is 11.9 Å². The molecule has 2 aromatic rings. The molecule has 0 spiro atoms. The molecule has 0 atom stereocenters. The van der Waals surface area contributed by atoms with E-state index in [4.69, 9.17) is 11.6 Å². The second-order valence-electron chi connectivity index (χ2n) is 4.19. The average Bonchev–Trinajstić information content (AvgIpc) is 2.45. The van der Waals surface area contributed by atoms with Crippen molar-refractivity contribution in [3.63, 3.8) is 0 Å². The SMILES string of the molecule is CCNc1nc(CC)nc(Sc2ncccc2Cl)c1C. The maximum Gasteiger partial charge on any atom is 0.133 e. The van der Waals surface area contributed by atoms with Gasteiger partial charge in [0.25, 0.3) is 0 Å². The fourth-order valence-corrected chi connectivity index (χ4v) is 2.78. The summed E-state index contributed by atoms with van der Waals surface area (Å²) in [7, 11) is 0. The molecule has 0 aliphatic carbocycles. The topological polar surface area (TPSA) is 50.7 Å². The highest BCUT2D eigenvalue weighted by molar-refractivity contribution is 7.99. The Morgan fingerprint density at radius 1 is 1.25 bits per heavy atom. The Morgan fingerprint density at radius 2 is 2.05 bits per heavy atom. The molecule has 20 heavy (non-hydrogen) atoms. The summed E-state index contributed by atoms with van der Waals surface area (Å²) in [6, 6.07) is 3.65. The number of hydrogen-bond donors (Lipinski definition) is 1. The molecular weight excluding hydrogens is 292 g/mol. The monoisotopic (exact) mass is 308 g/mol. The van der Waals surface area contributed by atoms with Gasteiger partial charge in [0.05, 0.1) is 5.02 Å². The van der Waals surface area contributed by atoms with Crippen LogP contribution in [0.2, 0.25) is 5.02 Å². The molecule has 2 aromatic heterocycles. The highest BCUT2D eigenvalue weighted by Crippen LogP contribution is 2.33. The molecule has 0 aromatic carbocycles.